The molecule has 44 heavy (non-hydrogen) atoms. The number of nitrogens with zero attached hydrogens (tertiary/aromatic N) is 1. The number of alkyl halides is 4. The van der Waals surface area contributed by atoms with Crippen molar-refractivity contribution in [1.82, 2.24) is 14.6 Å². The number of carbonyl (C=O) groups is 1. The number of halogens is 5. The number of aliphatic hydroxyl groups excluding tert-OH is 1. The quantitative estimate of drug-likeness (QED) is 0.158. The SMILES string of the molecule is CC(C)OC(=O)[C@H](C)NP(=S)(OC[C@@]1(C(F)F)O[C@@H](n2cc(F)c(=O)[nH]c2=O)[C@H](O)C1(F)F)Oc1cccc2ccccc12. The maximum absolute atomic E-state index is 15.5. The monoisotopic (exact) mass is 667 g/mol. The maximum atomic E-state index is 15.5. The molecule has 0 amide bonds. The summed E-state index contributed by atoms with van der Waals surface area (Å²) in [5, 5.41) is 14.1. The lowest BCUT2D eigenvalue weighted by Gasteiger charge is -2.35. The highest BCUT2D eigenvalue weighted by molar-refractivity contribution is 8.09. The second-order valence-electron chi connectivity index (χ2n) is 10.1. The van der Waals surface area contributed by atoms with Crippen LogP contribution in [0.1, 0.15) is 27.0 Å². The molecule has 1 unspecified atom stereocenters. The van der Waals surface area contributed by atoms with Gasteiger partial charge in [-0.05, 0) is 44.0 Å². The van der Waals surface area contributed by atoms with Crippen molar-refractivity contribution in [1.29, 1.82) is 0 Å². The van der Waals surface area contributed by atoms with E-state index in [-0.39, 0.29) is 16.5 Å². The number of aromatic amines is 1. The first kappa shape index (κ1) is 33.7. The Kier molecular flexibility index (Phi) is 9.68. The van der Waals surface area contributed by atoms with E-state index in [1.54, 1.807) is 50.2 Å². The number of hydrogen-bond acceptors (Lipinski definition) is 9. The van der Waals surface area contributed by atoms with Crippen LogP contribution in [0, 0.1) is 5.82 Å². The summed E-state index contributed by atoms with van der Waals surface area (Å²) in [7, 11) is 0. The van der Waals surface area contributed by atoms with Gasteiger partial charge in [-0.1, -0.05) is 36.4 Å². The van der Waals surface area contributed by atoms with E-state index < -0.39 is 78.7 Å². The van der Waals surface area contributed by atoms with Crippen LogP contribution in [-0.2, 0) is 30.6 Å². The number of nitrogens with one attached hydrogen (secondary N) is 2. The molecule has 240 valence electrons. The van der Waals surface area contributed by atoms with Crippen molar-refractivity contribution in [3.05, 3.63) is 75.3 Å². The van der Waals surface area contributed by atoms with Crippen LogP contribution >= 0.6 is 6.64 Å². The maximum Gasteiger partial charge on any atom is 0.330 e. The fourth-order valence-corrected chi connectivity index (χ4v) is 6.75. The van der Waals surface area contributed by atoms with Crippen LogP contribution in [0.2, 0.25) is 0 Å². The van der Waals surface area contributed by atoms with Gasteiger partial charge in [-0.2, -0.15) is 13.2 Å². The van der Waals surface area contributed by atoms with Crippen LogP contribution in [-0.4, -0.2) is 63.4 Å². The Hall–Kier alpha value is -3.21. The highest BCUT2D eigenvalue weighted by Crippen LogP contribution is 2.55. The predicted octanol–water partition coefficient (Wildman–Crippen LogP) is 3.61. The van der Waals surface area contributed by atoms with E-state index in [2.05, 4.69) is 5.09 Å². The van der Waals surface area contributed by atoms with Crippen LogP contribution in [0.4, 0.5) is 22.0 Å². The third kappa shape index (κ3) is 6.43. The zero-order valence-corrected chi connectivity index (χ0v) is 24.9. The molecule has 0 saturated carbocycles. The summed E-state index contributed by atoms with van der Waals surface area (Å²) in [4.78, 5) is 37.6. The number of aromatic nitrogens is 2. The summed E-state index contributed by atoms with van der Waals surface area (Å²) in [6, 6.07) is 10.2. The first-order valence-electron chi connectivity index (χ1n) is 12.9. The van der Waals surface area contributed by atoms with Crippen molar-refractivity contribution in [3.8, 4) is 5.75 Å². The van der Waals surface area contributed by atoms with Crippen LogP contribution in [0.15, 0.2) is 58.3 Å². The topological polar surface area (TPSA) is 141 Å². The first-order chi connectivity index (χ1) is 20.5. The highest BCUT2D eigenvalue weighted by atomic mass is 32.5. The molecule has 1 fully saturated rings. The number of ether oxygens (including phenoxy) is 2. The Labute approximate surface area is 251 Å². The van der Waals surface area contributed by atoms with Crippen LogP contribution in [0.5, 0.6) is 5.75 Å². The number of fused-ring (bicyclic) bond motifs is 1. The van der Waals surface area contributed by atoms with Gasteiger partial charge in [0.15, 0.2) is 12.3 Å². The van der Waals surface area contributed by atoms with Crippen molar-refractivity contribution < 1.29 is 50.4 Å². The van der Waals surface area contributed by atoms with Crippen molar-refractivity contribution in [2.45, 2.75) is 63.2 Å². The molecule has 3 aromatic rings. The van der Waals surface area contributed by atoms with Gasteiger partial charge in [-0.3, -0.25) is 19.1 Å². The number of benzene rings is 2. The van der Waals surface area contributed by atoms with Crippen LogP contribution < -0.4 is 20.9 Å². The number of rotatable bonds is 11. The van der Waals surface area contributed by atoms with Gasteiger partial charge >= 0.3 is 24.2 Å². The molecule has 4 rings (SSSR count). The molecule has 18 heteroatoms. The molecular weight excluding hydrogens is 640 g/mol. The molecule has 2 heterocycles. The summed E-state index contributed by atoms with van der Waals surface area (Å²) in [6.45, 7) is -1.56. The average molecular weight is 668 g/mol. The van der Waals surface area contributed by atoms with Gasteiger partial charge in [0.2, 0.25) is 11.4 Å². The van der Waals surface area contributed by atoms with Crippen LogP contribution in [0.3, 0.4) is 0 Å². The number of hydrogen-bond donors (Lipinski definition) is 3. The minimum absolute atomic E-state index is 0.00435. The Morgan fingerprint density at radius 1 is 1.18 bits per heavy atom. The molecule has 1 aliphatic rings. The molecule has 1 saturated heterocycles. The van der Waals surface area contributed by atoms with E-state index >= 15 is 8.78 Å². The lowest BCUT2D eigenvalue weighted by Crippen LogP contribution is -2.57. The minimum Gasteiger partial charge on any atom is -0.462 e. The summed E-state index contributed by atoms with van der Waals surface area (Å²) in [5.41, 5.74) is -7.01. The van der Waals surface area contributed by atoms with E-state index in [0.29, 0.717) is 10.8 Å². The second kappa shape index (κ2) is 12.7. The fourth-order valence-electron chi connectivity index (χ4n) is 4.34. The molecule has 1 aromatic heterocycles. The first-order valence-corrected chi connectivity index (χ1v) is 15.6. The Morgan fingerprint density at radius 2 is 1.84 bits per heavy atom. The number of esters is 1. The van der Waals surface area contributed by atoms with E-state index in [0.717, 1.165) is 0 Å². The van der Waals surface area contributed by atoms with Gasteiger partial charge in [0, 0.05) is 5.39 Å². The predicted molar refractivity (Wildman–Crippen MR) is 150 cm³/mol. The normalized spacial score (nSPS) is 23.5. The van der Waals surface area contributed by atoms with Gasteiger partial charge < -0.3 is 23.6 Å². The van der Waals surface area contributed by atoms with Crippen molar-refractivity contribution in [2.24, 2.45) is 0 Å². The van der Waals surface area contributed by atoms with Gasteiger partial charge in [-0.15, -0.1) is 0 Å². The average Bonchev–Trinajstić information content (AvgIpc) is 3.15. The highest BCUT2D eigenvalue weighted by Gasteiger charge is 2.74. The third-order valence-corrected chi connectivity index (χ3v) is 9.03. The molecule has 0 aliphatic carbocycles. The van der Waals surface area contributed by atoms with Gasteiger partial charge in [-0.25, -0.2) is 18.7 Å². The van der Waals surface area contributed by atoms with E-state index in [1.165, 1.54) is 18.0 Å². The van der Waals surface area contributed by atoms with Gasteiger partial charge in [0.1, 0.15) is 11.8 Å². The number of carbonyl (C=O) groups excluding carboxylic acids is 1. The fraction of sp³-hybridized carbons (Fsp3) is 0.423. The Balaban J connectivity index is 1.73. The van der Waals surface area contributed by atoms with E-state index in [4.69, 9.17) is 30.3 Å². The lowest BCUT2D eigenvalue weighted by molar-refractivity contribution is -0.241. The molecule has 0 spiro atoms. The van der Waals surface area contributed by atoms with Crippen LogP contribution in [0.25, 0.3) is 10.8 Å². The van der Waals surface area contributed by atoms with E-state index in [1.807, 2.05) is 0 Å². The second-order valence-corrected chi connectivity index (χ2v) is 13.2. The van der Waals surface area contributed by atoms with E-state index in [9.17, 15) is 32.7 Å². The molecular formula is C26H27F5N3O8PS. The lowest BCUT2D eigenvalue weighted by atomic mass is 9.95. The summed E-state index contributed by atoms with van der Waals surface area (Å²) in [6.07, 6.45) is -10.3. The largest absolute Gasteiger partial charge is 0.462 e. The number of H-pyrrole nitrogens is 1. The van der Waals surface area contributed by atoms with Crippen molar-refractivity contribution in [2.75, 3.05) is 6.61 Å². The number of aliphatic hydroxyl groups is 1. The van der Waals surface area contributed by atoms with Crippen molar-refractivity contribution >= 4 is 35.2 Å². The van der Waals surface area contributed by atoms with Gasteiger partial charge in [0.25, 0.3) is 12.0 Å². The molecule has 0 bridgehead atoms. The molecule has 0 radical (unpaired) electrons. The zero-order valence-electron chi connectivity index (χ0n) is 23.2. The summed E-state index contributed by atoms with van der Waals surface area (Å²) < 4.78 is 95.5. The summed E-state index contributed by atoms with van der Waals surface area (Å²) >= 11 is 5.50. The zero-order chi connectivity index (χ0) is 32.6. The standard InChI is InChI=1S/C26H27F5N3O8PS/c1-13(2)40-22(37)14(3)33-43(44,42-18-10-6-8-15-7-4-5-9-16(15)18)39-12-25(23(28)29)26(30,31)19(35)21(41-25)34-11-17(27)20(36)32-24(34)38/h4-11,13-14,19,21,23,35H,12H2,1-3H3,(H,33,44)(H,32,36,38)/t14-,19-,21+,25-,43?/m0/s1. The van der Waals surface area contributed by atoms with Gasteiger partial charge in [0.05, 0.1) is 18.9 Å². The molecule has 11 nitrogen and oxygen atoms in total. The Morgan fingerprint density at radius 3 is 2.50 bits per heavy atom. The third-order valence-electron chi connectivity index (χ3n) is 6.56. The smallest absolute Gasteiger partial charge is 0.330 e. The molecule has 1 aliphatic heterocycles. The van der Waals surface area contributed by atoms with Crippen molar-refractivity contribution in [3.63, 3.8) is 0 Å². The Bertz CT molecular complexity index is 1700. The molecule has 2 aromatic carbocycles. The molecule has 5 atom stereocenters. The summed E-state index contributed by atoms with van der Waals surface area (Å²) in [5.74, 6) is -7.28. The molecule has 3 N–H and O–H groups in total. The minimum atomic E-state index is -4.85.